The molecule has 1 aliphatic heterocycles. The number of halogens is 1. The van der Waals surface area contributed by atoms with Crippen LogP contribution < -0.4 is 20.9 Å². The van der Waals surface area contributed by atoms with Gasteiger partial charge in [-0.25, -0.2) is 9.97 Å². The number of aromatic nitrogens is 3. The third-order valence-electron chi connectivity index (χ3n) is 4.74. The normalized spacial score (nSPS) is 16.4. The first-order chi connectivity index (χ1) is 14.5. The van der Waals surface area contributed by atoms with Crippen LogP contribution in [0.5, 0.6) is 0 Å². The molecule has 4 rings (SSSR count). The predicted molar refractivity (Wildman–Crippen MR) is 121 cm³/mol. The Kier molecular flexibility index (Phi) is 6.12. The van der Waals surface area contributed by atoms with E-state index in [0.717, 1.165) is 31.0 Å². The lowest BCUT2D eigenvalue weighted by Gasteiger charge is -2.32. The van der Waals surface area contributed by atoms with Crippen molar-refractivity contribution >= 4 is 51.3 Å². The summed E-state index contributed by atoms with van der Waals surface area (Å²) in [6.45, 7) is 6.71. The van der Waals surface area contributed by atoms with Gasteiger partial charge in [0.05, 0.1) is 29.3 Å². The largest absolute Gasteiger partial charge is 0.352 e. The molecule has 1 amide bonds. The van der Waals surface area contributed by atoms with E-state index in [9.17, 15) is 4.79 Å². The molecular weight excluding hydrogens is 422 g/mol. The number of anilines is 4. The minimum atomic E-state index is -0.258. The zero-order valence-corrected chi connectivity index (χ0v) is 18.2. The van der Waals surface area contributed by atoms with Gasteiger partial charge >= 0.3 is 0 Å². The van der Waals surface area contributed by atoms with Crippen molar-refractivity contribution in [1.29, 1.82) is 0 Å². The Labute approximate surface area is 183 Å². The number of amides is 1. The standard InChI is InChI=1S/C20H22ClN7OS/c1-12-4-3-5-14(21)18(12)27-19(29)15-8-24-20(30-15)26-16-9-22-10-17(25-16)28-7-6-23-13(2)11-28/h3-5,8-10,13,23H,6-7,11H2,1-2H3,(H,27,29)(H,24,25,26). The minimum Gasteiger partial charge on any atom is -0.352 e. The fraction of sp³-hybridized carbons (Fsp3) is 0.300. The highest BCUT2D eigenvalue weighted by Gasteiger charge is 2.18. The molecule has 2 aromatic heterocycles. The number of piperazine rings is 1. The Bertz CT molecular complexity index is 1040. The molecule has 0 bridgehead atoms. The summed E-state index contributed by atoms with van der Waals surface area (Å²) in [7, 11) is 0. The number of nitrogens with zero attached hydrogens (tertiary/aromatic N) is 4. The average Bonchev–Trinajstić information content (AvgIpc) is 3.19. The van der Waals surface area contributed by atoms with E-state index in [1.165, 1.54) is 17.5 Å². The van der Waals surface area contributed by atoms with Crippen molar-refractivity contribution in [2.24, 2.45) is 0 Å². The highest BCUT2D eigenvalue weighted by molar-refractivity contribution is 7.17. The summed E-state index contributed by atoms with van der Waals surface area (Å²) in [5.41, 5.74) is 1.50. The number of carbonyl (C=O) groups excluding carboxylic acids is 1. The molecule has 0 spiro atoms. The Hall–Kier alpha value is -2.75. The third-order valence-corrected chi connectivity index (χ3v) is 5.97. The first kappa shape index (κ1) is 20.5. The van der Waals surface area contributed by atoms with E-state index < -0.39 is 0 Å². The number of nitrogens with one attached hydrogen (secondary N) is 3. The Morgan fingerprint density at radius 1 is 1.33 bits per heavy atom. The second kappa shape index (κ2) is 8.95. The van der Waals surface area contributed by atoms with Crippen molar-refractivity contribution in [3.05, 3.63) is 52.3 Å². The number of rotatable bonds is 5. The lowest BCUT2D eigenvalue weighted by atomic mass is 10.2. The van der Waals surface area contributed by atoms with E-state index in [-0.39, 0.29) is 5.91 Å². The molecule has 1 saturated heterocycles. The molecule has 1 aliphatic rings. The van der Waals surface area contributed by atoms with Gasteiger partial charge in [0.1, 0.15) is 10.7 Å². The number of thiazole rings is 1. The molecule has 0 radical (unpaired) electrons. The van der Waals surface area contributed by atoms with Crippen molar-refractivity contribution in [3.63, 3.8) is 0 Å². The van der Waals surface area contributed by atoms with E-state index in [1.807, 2.05) is 19.1 Å². The maximum atomic E-state index is 12.6. The van der Waals surface area contributed by atoms with Gasteiger partial charge in [-0.15, -0.1) is 0 Å². The Balaban J connectivity index is 1.44. The summed E-state index contributed by atoms with van der Waals surface area (Å²) in [5, 5.41) is 10.5. The zero-order valence-electron chi connectivity index (χ0n) is 16.6. The molecule has 1 aromatic carbocycles. The average molecular weight is 444 g/mol. The van der Waals surface area contributed by atoms with Crippen LogP contribution in [0.1, 0.15) is 22.2 Å². The molecule has 30 heavy (non-hydrogen) atoms. The number of aryl methyl sites for hydroxylation is 1. The van der Waals surface area contributed by atoms with Gasteiger partial charge < -0.3 is 20.9 Å². The quantitative estimate of drug-likeness (QED) is 0.553. The molecule has 1 fully saturated rings. The second-order valence-corrected chi connectivity index (χ2v) is 8.54. The van der Waals surface area contributed by atoms with Gasteiger partial charge in [0, 0.05) is 25.7 Å². The van der Waals surface area contributed by atoms with E-state index in [4.69, 9.17) is 11.6 Å². The van der Waals surface area contributed by atoms with Crippen LogP contribution in [0.15, 0.2) is 36.8 Å². The van der Waals surface area contributed by atoms with Gasteiger partial charge in [0.15, 0.2) is 10.9 Å². The second-order valence-electron chi connectivity index (χ2n) is 7.10. The summed E-state index contributed by atoms with van der Waals surface area (Å²) in [6.07, 6.45) is 4.93. The van der Waals surface area contributed by atoms with Crippen LogP contribution in [0.4, 0.5) is 22.5 Å². The third kappa shape index (κ3) is 4.69. The summed E-state index contributed by atoms with van der Waals surface area (Å²) in [4.78, 5) is 28.5. The summed E-state index contributed by atoms with van der Waals surface area (Å²) in [5.74, 6) is 1.14. The van der Waals surface area contributed by atoms with Crippen LogP contribution in [0.25, 0.3) is 0 Å². The maximum absolute atomic E-state index is 12.6. The van der Waals surface area contributed by atoms with E-state index in [2.05, 4.69) is 42.7 Å². The smallest absolute Gasteiger partial charge is 0.267 e. The Morgan fingerprint density at radius 3 is 3.00 bits per heavy atom. The SMILES string of the molecule is Cc1cccc(Cl)c1NC(=O)c1cnc(Nc2cncc(N3CCNC(C)C3)n2)s1. The maximum Gasteiger partial charge on any atom is 0.267 e. The minimum absolute atomic E-state index is 0.258. The van der Waals surface area contributed by atoms with Crippen molar-refractivity contribution in [2.45, 2.75) is 19.9 Å². The number of para-hydroxylation sites is 1. The van der Waals surface area contributed by atoms with Crippen molar-refractivity contribution in [2.75, 3.05) is 35.2 Å². The van der Waals surface area contributed by atoms with Gasteiger partial charge in [-0.3, -0.25) is 9.78 Å². The zero-order chi connectivity index (χ0) is 21.1. The summed E-state index contributed by atoms with van der Waals surface area (Å²) >= 11 is 7.44. The van der Waals surface area contributed by atoms with E-state index in [0.29, 0.717) is 32.6 Å². The molecule has 0 saturated carbocycles. The molecule has 156 valence electrons. The summed E-state index contributed by atoms with van der Waals surface area (Å²) < 4.78 is 0. The molecule has 1 atom stereocenters. The predicted octanol–water partition coefficient (Wildman–Crippen LogP) is 3.69. The molecule has 3 aromatic rings. The Morgan fingerprint density at radius 2 is 2.20 bits per heavy atom. The first-order valence-electron chi connectivity index (χ1n) is 9.59. The summed E-state index contributed by atoms with van der Waals surface area (Å²) in [6, 6.07) is 5.89. The number of hydrogen-bond acceptors (Lipinski definition) is 8. The molecule has 10 heteroatoms. The number of benzene rings is 1. The van der Waals surface area contributed by atoms with Gasteiger partial charge in [-0.1, -0.05) is 35.1 Å². The van der Waals surface area contributed by atoms with Gasteiger partial charge in [-0.2, -0.15) is 0 Å². The topological polar surface area (TPSA) is 95.1 Å². The fourth-order valence-corrected chi connectivity index (χ4v) is 4.21. The van der Waals surface area contributed by atoms with Crippen molar-refractivity contribution in [1.82, 2.24) is 20.3 Å². The fourth-order valence-electron chi connectivity index (χ4n) is 3.22. The molecule has 0 aliphatic carbocycles. The van der Waals surface area contributed by atoms with Crippen LogP contribution >= 0.6 is 22.9 Å². The van der Waals surface area contributed by atoms with Crippen LogP contribution in [-0.2, 0) is 0 Å². The van der Waals surface area contributed by atoms with Crippen LogP contribution in [0.2, 0.25) is 5.02 Å². The molecule has 3 N–H and O–H groups in total. The first-order valence-corrected chi connectivity index (χ1v) is 10.8. The van der Waals surface area contributed by atoms with Crippen molar-refractivity contribution in [3.8, 4) is 0 Å². The highest BCUT2D eigenvalue weighted by Crippen LogP contribution is 2.28. The lowest BCUT2D eigenvalue weighted by Crippen LogP contribution is -2.49. The van der Waals surface area contributed by atoms with Gasteiger partial charge in [0.2, 0.25) is 0 Å². The van der Waals surface area contributed by atoms with Crippen LogP contribution in [0, 0.1) is 6.92 Å². The van der Waals surface area contributed by atoms with E-state index >= 15 is 0 Å². The monoisotopic (exact) mass is 443 g/mol. The van der Waals surface area contributed by atoms with Crippen LogP contribution in [0.3, 0.4) is 0 Å². The van der Waals surface area contributed by atoms with Gasteiger partial charge in [0.25, 0.3) is 5.91 Å². The molecular formula is C20H22ClN7OS. The number of carbonyl (C=O) groups is 1. The molecule has 1 unspecified atom stereocenters. The van der Waals surface area contributed by atoms with Crippen LogP contribution in [-0.4, -0.2) is 46.5 Å². The highest BCUT2D eigenvalue weighted by atomic mass is 35.5. The number of hydrogen-bond donors (Lipinski definition) is 3. The lowest BCUT2D eigenvalue weighted by molar-refractivity contribution is 0.103. The molecule has 8 nitrogen and oxygen atoms in total. The van der Waals surface area contributed by atoms with E-state index in [1.54, 1.807) is 18.5 Å². The van der Waals surface area contributed by atoms with Crippen molar-refractivity contribution < 1.29 is 4.79 Å². The molecule has 3 heterocycles. The van der Waals surface area contributed by atoms with Gasteiger partial charge in [-0.05, 0) is 25.5 Å².